The molecule has 0 aliphatic heterocycles. The summed E-state index contributed by atoms with van der Waals surface area (Å²) in [5.74, 6) is -5.75. The molecular formula is C30H54F4N2O6S2. The zero-order valence-corrected chi connectivity index (χ0v) is 29.4. The molecule has 0 bridgehead atoms. The van der Waals surface area contributed by atoms with E-state index in [0.717, 1.165) is 0 Å². The van der Waals surface area contributed by atoms with Crippen LogP contribution in [0, 0.1) is 11.8 Å². The minimum Gasteiger partial charge on any atom is -0.466 e. The Morgan fingerprint density at radius 1 is 0.864 bits per heavy atom. The van der Waals surface area contributed by atoms with Crippen molar-refractivity contribution in [1.82, 2.24) is 4.72 Å². The van der Waals surface area contributed by atoms with Gasteiger partial charge in [0.15, 0.2) is 0 Å². The van der Waals surface area contributed by atoms with Crippen molar-refractivity contribution in [2.75, 3.05) is 13.2 Å². The van der Waals surface area contributed by atoms with Crippen LogP contribution in [0.15, 0.2) is 4.40 Å². The number of nitrogens with zero attached hydrogens (tertiary/aromatic N) is 1. The highest BCUT2D eigenvalue weighted by Gasteiger charge is 2.39. The molecule has 3 atom stereocenters. The number of hydrogen-bond acceptors (Lipinski definition) is 6. The number of esters is 2. The van der Waals surface area contributed by atoms with Crippen LogP contribution in [0.5, 0.6) is 0 Å². The highest BCUT2D eigenvalue weighted by Crippen LogP contribution is 2.38. The van der Waals surface area contributed by atoms with Gasteiger partial charge < -0.3 is 9.47 Å². The molecule has 44 heavy (non-hydrogen) atoms. The minimum atomic E-state index is -2.62. The molecule has 0 spiro atoms. The lowest BCUT2D eigenvalue weighted by atomic mass is 9.81. The van der Waals surface area contributed by atoms with E-state index < -0.39 is 44.6 Å². The fourth-order valence-electron chi connectivity index (χ4n) is 4.20. The topological polar surface area (TPSA) is 111 Å². The number of hydrogen-bond donors (Lipinski definition) is 1. The maximum Gasteiger partial charge on any atom is 0.307 e. The Bertz CT molecular complexity index is 948. The first kappa shape index (κ1) is 42.6. The standard InChI is InChI=1S/C15H27F2NO3S.C11H19F2NOS.C4H8O2/c1-5-21-13(19)10-12(18-22(20)14(2,3)4)11-6-8-15(16,17)9-7-11;1-10(2,3)16(15)14-8-9-4-6-11(12,13)7-5-9;1-3-6-4(2)5/h11-12,18H,5-10H2,1-4H3;8-9H,4-7H2,1-3H3;3H2,1-2H3/t12-,22+;16-;/m10./s1. The van der Waals surface area contributed by atoms with Crippen LogP contribution in [-0.2, 0) is 41.0 Å². The molecule has 0 unspecified atom stereocenters. The first-order valence-electron chi connectivity index (χ1n) is 15.2. The van der Waals surface area contributed by atoms with E-state index in [9.17, 15) is 35.6 Å². The van der Waals surface area contributed by atoms with Crippen LogP contribution in [0.4, 0.5) is 17.6 Å². The summed E-state index contributed by atoms with van der Waals surface area (Å²) in [6.45, 7) is 16.7. The summed E-state index contributed by atoms with van der Waals surface area (Å²) in [6.07, 6.45) is 2.69. The zero-order chi connectivity index (χ0) is 34.4. The van der Waals surface area contributed by atoms with Gasteiger partial charge in [0.05, 0.1) is 40.1 Å². The highest BCUT2D eigenvalue weighted by molar-refractivity contribution is 7.85. The van der Waals surface area contributed by atoms with E-state index in [1.165, 1.54) is 6.92 Å². The molecule has 2 saturated carbocycles. The predicted molar refractivity (Wildman–Crippen MR) is 169 cm³/mol. The Labute approximate surface area is 266 Å². The second kappa shape index (κ2) is 19.3. The molecule has 260 valence electrons. The number of nitrogens with one attached hydrogen (secondary N) is 1. The molecule has 0 heterocycles. The summed E-state index contributed by atoms with van der Waals surface area (Å²) < 4.78 is 91.6. The third-order valence-electron chi connectivity index (χ3n) is 6.84. The predicted octanol–water partition coefficient (Wildman–Crippen LogP) is 7.10. The Morgan fingerprint density at radius 3 is 1.68 bits per heavy atom. The van der Waals surface area contributed by atoms with Crippen molar-refractivity contribution >= 4 is 40.1 Å². The SMILES string of the molecule is CC(C)(C)[S@](=O)N=CC1CCC(F)(F)CC1.CCOC(=O)C[C@@H](N[S@@](=O)C(C)(C)C)C1CCC(F)(F)CC1.CCOC(C)=O. The van der Waals surface area contributed by atoms with E-state index in [1.54, 1.807) is 20.1 Å². The first-order chi connectivity index (χ1) is 20.0. The third kappa shape index (κ3) is 19.2. The number of carbonyl (C=O) groups is 2. The van der Waals surface area contributed by atoms with Crippen molar-refractivity contribution in [2.24, 2.45) is 16.2 Å². The van der Waals surface area contributed by atoms with Crippen molar-refractivity contribution in [3.8, 4) is 0 Å². The van der Waals surface area contributed by atoms with E-state index in [0.29, 0.717) is 32.3 Å². The van der Waals surface area contributed by atoms with Gasteiger partial charge in [-0.1, -0.05) is 0 Å². The van der Waals surface area contributed by atoms with Crippen LogP contribution >= 0.6 is 0 Å². The van der Waals surface area contributed by atoms with Crippen LogP contribution in [0.2, 0.25) is 0 Å². The quantitative estimate of drug-likeness (QED) is 0.158. The maximum atomic E-state index is 13.3. The van der Waals surface area contributed by atoms with Gasteiger partial charge in [-0.3, -0.25) is 9.59 Å². The molecule has 0 aromatic rings. The van der Waals surface area contributed by atoms with E-state index in [-0.39, 0.29) is 67.2 Å². The minimum absolute atomic E-state index is 0.0610. The number of carbonyl (C=O) groups excluding carboxylic acids is 2. The van der Waals surface area contributed by atoms with Crippen molar-refractivity contribution in [3.63, 3.8) is 0 Å². The van der Waals surface area contributed by atoms with Gasteiger partial charge in [0.25, 0.3) is 0 Å². The monoisotopic (exact) mass is 678 g/mol. The van der Waals surface area contributed by atoms with Crippen LogP contribution in [0.1, 0.15) is 120 Å². The van der Waals surface area contributed by atoms with Gasteiger partial charge in [0, 0.05) is 44.9 Å². The molecule has 0 radical (unpaired) electrons. The third-order valence-corrected chi connectivity index (χ3v) is 9.83. The molecule has 8 nitrogen and oxygen atoms in total. The summed E-state index contributed by atoms with van der Waals surface area (Å²) in [5, 5.41) is 0. The van der Waals surface area contributed by atoms with Gasteiger partial charge in [0.1, 0.15) is 11.0 Å². The van der Waals surface area contributed by atoms with Crippen LogP contribution in [0.3, 0.4) is 0 Å². The number of halogens is 4. The van der Waals surface area contributed by atoms with Gasteiger partial charge in [-0.2, -0.15) is 4.40 Å². The number of ether oxygens (including phenoxy) is 2. The Morgan fingerprint density at radius 2 is 1.32 bits per heavy atom. The normalized spacial score (nSPS) is 21.1. The molecule has 1 N–H and O–H groups in total. The molecule has 0 saturated heterocycles. The molecule has 2 rings (SSSR count). The lowest BCUT2D eigenvalue weighted by Crippen LogP contribution is -2.46. The summed E-state index contributed by atoms with van der Waals surface area (Å²) in [5.41, 5.74) is 0. The fourth-order valence-corrected chi connectivity index (χ4v) is 5.70. The maximum absolute atomic E-state index is 13.3. The second-order valence-electron chi connectivity index (χ2n) is 13.0. The lowest BCUT2D eigenvalue weighted by Gasteiger charge is -2.34. The summed E-state index contributed by atoms with van der Waals surface area (Å²) in [7, 11) is -2.63. The number of rotatable bonds is 9. The second-order valence-corrected chi connectivity index (χ2v) is 17.0. The van der Waals surface area contributed by atoms with Crippen LogP contribution < -0.4 is 4.72 Å². The molecule has 0 amide bonds. The van der Waals surface area contributed by atoms with Gasteiger partial charge in [-0.15, -0.1) is 0 Å². The smallest absolute Gasteiger partial charge is 0.307 e. The van der Waals surface area contributed by atoms with Gasteiger partial charge in [-0.05, 0) is 92.9 Å². The van der Waals surface area contributed by atoms with Crippen molar-refractivity contribution in [3.05, 3.63) is 0 Å². The van der Waals surface area contributed by atoms with Crippen LogP contribution in [0.25, 0.3) is 0 Å². The van der Waals surface area contributed by atoms with E-state index in [1.807, 2.05) is 41.5 Å². The molecular weight excluding hydrogens is 624 g/mol. The Hall–Kier alpha value is -1.41. The fraction of sp³-hybridized carbons (Fsp3) is 0.900. The zero-order valence-electron chi connectivity index (χ0n) is 27.8. The van der Waals surface area contributed by atoms with Gasteiger partial charge in [-0.25, -0.2) is 30.7 Å². The van der Waals surface area contributed by atoms with E-state index in [4.69, 9.17) is 4.74 Å². The van der Waals surface area contributed by atoms with Crippen molar-refractivity contribution < 1.29 is 45.0 Å². The van der Waals surface area contributed by atoms with Crippen molar-refractivity contribution in [2.45, 2.75) is 147 Å². The van der Waals surface area contributed by atoms with E-state index in [2.05, 4.69) is 13.9 Å². The van der Waals surface area contributed by atoms with Crippen LogP contribution in [-0.4, -0.2) is 67.2 Å². The van der Waals surface area contributed by atoms with Crippen molar-refractivity contribution in [1.29, 1.82) is 0 Å². The average Bonchev–Trinajstić information content (AvgIpc) is 2.87. The molecule has 0 aromatic carbocycles. The van der Waals surface area contributed by atoms with Gasteiger partial charge >= 0.3 is 11.9 Å². The first-order valence-corrected chi connectivity index (χ1v) is 17.5. The van der Waals surface area contributed by atoms with E-state index >= 15 is 0 Å². The summed E-state index contributed by atoms with van der Waals surface area (Å²) >= 11 is 0. The average molecular weight is 679 g/mol. The van der Waals surface area contributed by atoms with Gasteiger partial charge in [0.2, 0.25) is 11.8 Å². The molecule has 2 fully saturated rings. The lowest BCUT2D eigenvalue weighted by molar-refractivity contribution is -0.144. The molecule has 0 aromatic heterocycles. The highest BCUT2D eigenvalue weighted by atomic mass is 32.2. The molecule has 2 aliphatic rings. The summed E-state index contributed by atoms with van der Waals surface area (Å²) in [6, 6.07) is -0.393. The molecule has 14 heteroatoms. The Kier molecular flexibility index (Phi) is 18.7. The largest absolute Gasteiger partial charge is 0.466 e. The molecule has 2 aliphatic carbocycles. The summed E-state index contributed by atoms with van der Waals surface area (Å²) in [4.78, 5) is 21.6. The Balaban J connectivity index is 0.000000732. The number of alkyl halides is 4.